The van der Waals surface area contributed by atoms with E-state index in [1.165, 1.54) is 0 Å². The molecule has 0 aliphatic carbocycles. The molecular formula is C16H20Cl2N4O. The number of benzene rings is 1. The summed E-state index contributed by atoms with van der Waals surface area (Å²) in [5.74, 6) is 0. The normalized spacial score (nSPS) is 15.9. The number of aromatic nitrogens is 2. The van der Waals surface area contributed by atoms with Crippen molar-refractivity contribution in [3.8, 4) is 5.69 Å². The van der Waals surface area contributed by atoms with Gasteiger partial charge in [0.05, 0.1) is 34.6 Å². The van der Waals surface area contributed by atoms with Crippen molar-refractivity contribution in [3.63, 3.8) is 0 Å². The van der Waals surface area contributed by atoms with Crippen LogP contribution in [0.15, 0.2) is 30.5 Å². The summed E-state index contributed by atoms with van der Waals surface area (Å²) in [6.07, 6.45) is 1.90. The molecule has 0 radical (unpaired) electrons. The Morgan fingerprint density at radius 3 is 2.74 bits per heavy atom. The molecule has 3 rings (SSSR count). The Morgan fingerprint density at radius 1 is 1.13 bits per heavy atom. The van der Waals surface area contributed by atoms with Gasteiger partial charge in [-0.2, -0.15) is 5.10 Å². The van der Waals surface area contributed by atoms with Gasteiger partial charge in [0.15, 0.2) is 0 Å². The van der Waals surface area contributed by atoms with Gasteiger partial charge in [-0.05, 0) is 24.3 Å². The van der Waals surface area contributed by atoms with E-state index in [0.717, 1.165) is 50.7 Å². The third kappa shape index (κ3) is 4.68. The first kappa shape index (κ1) is 16.7. The molecule has 1 aromatic heterocycles. The van der Waals surface area contributed by atoms with Crippen LogP contribution in [0.3, 0.4) is 0 Å². The van der Waals surface area contributed by atoms with Gasteiger partial charge in [0.25, 0.3) is 0 Å². The number of hydrogen-bond acceptors (Lipinski definition) is 4. The van der Waals surface area contributed by atoms with E-state index >= 15 is 0 Å². The SMILES string of the molecule is Clc1ccc(-n2ccc(COCCN3CCNCC3)n2)cc1Cl. The molecule has 7 heteroatoms. The van der Waals surface area contributed by atoms with Crippen LogP contribution in [0.4, 0.5) is 0 Å². The number of piperazine rings is 1. The van der Waals surface area contributed by atoms with E-state index in [-0.39, 0.29) is 0 Å². The average molecular weight is 355 g/mol. The number of nitrogens with one attached hydrogen (secondary N) is 1. The van der Waals surface area contributed by atoms with Crippen molar-refractivity contribution in [2.45, 2.75) is 6.61 Å². The molecule has 1 aliphatic rings. The molecule has 0 unspecified atom stereocenters. The monoisotopic (exact) mass is 354 g/mol. The van der Waals surface area contributed by atoms with Crippen molar-refractivity contribution < 1.29 is 4.74 Å². The van der Waals surface area contributed by atoms with Crippen LogP contribution < -0.4 is 5.32 Å². The highest BCUT2D eigenvalue weighted by Crippen LogP contribution is 2.24. The first-order chi connectivity index (χ1) is 11.2. The molecule has 1 N–H and O–H groups in total. The third-order valence-electron chi connectivity index (χ3n) is 3.82. The lowest BCUT2D eigenvalue weighted by Gasteiger charge is -2.26. The number of halogens is 2. The first-order valence-electron chi connectivity index (χ1n) is 7.73. The second-order valence-electron chi connectivity index (χ2n) is 5.49. The maximum Gasteiger partial charge on any atom is 0.0907 e. The van der Waals surface area contributed by atoms with Crippen LogP contribution in [-0.2, 0) is 11.3 Å². The predicted molar refractivity (Wildman–Crippen MR) is 92.5 cm³/mol. The number of hydrogen-bond donors (Lipinski definition) is 1. The van der Waals surface area contributed by atoms with Crippen molar-refractivity contribution in [2.24, 2.45) is 0 Å². The molecule has 5 nitrogen and oxygen atoms in total. The molecule has 124 valence electrons. The molecule has 2 heterocycles. The Morgan fingerprint density at radius 2 is 1.96 bits per heavy atom. The van der Waals surface area contributed by atoms with Gasteiger partial charge in [0, 0.05) is 38.9 Å². The Balaban J connectivity index is 1.48. The van der Waals surface area contributed by atoms with Crippen molar-refractivity contribution in [2.75, 3.05) is 39.3 Å². The van der Waals surface area contributed by atoms with Gasteiger partial charge < -0.3 is 10.1 Å². The van der Waals surface area contributed by atoms with Crippen LogP contribution in [0.25, 0.3) is 5.69 Å². The summed E-state index contributed by atoms with van der Waals surface area (Å²) >= 11 is 12.0. The van der Waals surface area contributed by atoms with E-state index in [4.69, 9.17) is 27.9 Å². The van der Waals surface area contributed by atoms with Crippen LogP contribution in [0, 0.1) is 0 Å². The molecular weight excluding hydrogens is 335 g/mol. The van der Waals surface area contributed by atoms with E-state index in [1.54, 1.807) is 16.8 Å². The Hall–Kier alpha value is -1.11. The molecule has 0 amide bonds. The van der Waals surface area contributed by atoms with Gasteiger partial charge in [0.1, 0.15) is 0 Å². The molecule has 23 heavy (non-hydrogen) atoms. The van der Waals surface area contributed by atoms with Crippen molar-refractivity contribution in [1.29, 1.82) is 0 Å². The minimum absolute atomic E-state index is 0.514. The molecule has 0 atom stereocenters. The molecule has 2 aromatic rings. The van der Waals surface area contributed by atoms with E-state index in [1.807, 2.05) is 18.3 Å². The van der Waals surface area contributed by atoms with E-state index in [2.05, 4.69) is 15.3 Å². The fraction of sp³-hybridized carbons (Fsp3) is 0.438. The van der Waals surface area contributed by atoms with Gasteiger partial charge in [0.2, 0.25) is 0 Å². The zero-order valence-corrected chi connectivity index (χ0v) is 14.4. The standard InChI is InChI=1S/C16H20Cl2N4O/c17-15-2-1-14(11-16(15)18)22-6-3-13(20-22)12-23-10-9-21-7-4-19-5-8-21/h1-3,6,11,19H,4-5,7-10,12H2. The second-order valence-corrected chi connectivity index (χ2v) is 6.31. The summed E-state index contributed by atoms with van der Waals surface area (Å²) in [5.41, 5.74) is 1.78. The zero-order valence-electron chi connectivity index (χ0n) is 12.8. The van der Waals surface area contributed by atoms with Crippen molar-refractivity contribution in [1.82, 2.24) is 20.0 Å². The lowest BCUT2D eigenvalue weighted by Crippen LogP contribution is -2.44. The highest BCUT2D eigenvalue weighted by Gasteiger charge is 2.09. The summed E-state index contributed by atoms with van der Waals surface area (Å²) in [4.78, 5) is 2.41. The molecule has 0 saturated carbocycles. The van der Waals surface area contributed by atoms with Crippen molar-refractivity contribution in [3.05, 3.63) is 46.2 Å². The minimum atomic E-state index is 0.514. The summed E-state index contributed by atoms with van der Waals surface area (Å²) < 4.78 is 7.50. The zero-order chi connectivity index (χ0) is 16.1. The third-order valence-corrected chi connectivity index (χ3v) is 4.56. The number of nitrogens with zero attached hydrogens (tertiary/aromatic N) is 3. The quantitative estimate of drug-likeness (QED) is 0.809. The highest BCUT2D eigenvalue weighted by molar-refractivity contribution is 6.42. The first-order valence-corrected chi connectivity index (χ1v) is 8.49. The Kier molecular flexibility index (Phi) is 5.91. The van der Waals surface area contributed by atoms with Crippen molar-refractivity contribution >= 4 is 23.2 Å². The molecule has 0 bridgehead atoms. The van der Waals surface area contributed by atoms with Gasteiger partial charge in [-0.1, -0.05) is 23.2 Å². The molecule has 0 spiro atoms. The fourth-order valence-electron chi connectivity index (χ4n) is 2.52. The lowest BCUT2D eigenvalue weighted by atomic mass is 10.3. The van der Waals surface area contributed by atoms with Crippen LogP contribution in [-0.4, -0.2) is 54.0 Å². The topological polar surface area (TPSA) is 42.3 Å². The summed E-state index contributed by atoms with van der Waals surface area (Å²) in [6.45, 7) is 6.52. The lowest BCUT2D eigenvalue weighted by molar-refractivity contribution is 0.0866. The maximum atomic E-state index is 6.04. The van der Waals surface area contributed by atoms with Gasteiger partial charge >= 0.3 is 0 Å². The van der Waals surface area contributed by atoms with E-state index in [9.17, 15) is 0 Å². The predicted octanol–water partition coefficient (Wildman–Crippen LogP) is 2.60. The summed E-state index contributed by atoms with van der Waals surface area (Å²) in [5, 5.41) is 8.91. The molecule has 1 fully saturated rings. The molecule has 1 saturated heterocycles. The number of ether oxygens (including phenoxy) is 1. The summed E-state index contributed by atoms with van der Waals surface area (Å²) in [6, 6.07) is 7.40. The molecule has 1 aliphatic heterocycles. The second kappa shape index (κ2) is 8.13. The molecule has 1 aromatic carbocycles. The van der Waals surface area contributed by atoms with Crippen LogP contribution in [0.1, 0.15) is 5.69 Å². The van der Waals surface area contributed by atoms with Crippen LogP contribution >= 0.6 is 23.2 Å². The fourth-order valence-corrected chi connectivity index (χ4v) is 2.81. The average Bonchev–Trinajstić information content (AvgIpc) is 3.04. The Bertz CT molecular complexity index is 641. The van der Waals surface area contributed by atoms with Gasteiger partial charge in [-0.3, -0.25) is 4.90 Å². The van der Waals surface area contributed by atoms with Crippen LogP contribution in [0.5, 0.6) is 0 Å². The maximum absolute atomic E-state index is 6.04. The highest BCUT2D eigenvalue weighted by atomic mass is 35.5. The van der Waals surface area contributed by atoms with Gasteiger partial charge in [-0.25, -0.2) is 4.68 Å². The van der Waals surface area contributed by atoms with Crippen LogP contribution in [0.2, 0.25) is 10.0 Å². The number of rotatable bonds is 6. The smallest absolute Gasteiger partial charge is 0.0907 e. The minimum Gasteiger partial charge on any atom is -0.374 e. The van der Waals surface area contributed by atoms with Gasteiger partial charge in [-0.15, -0.1) is 0 Å². The van der Waals surface area contributed by atoms with E-state index < -0.39 is 0 Å². The largest absolute Gasteiger partial charge is 0.374 e. The van der Waals surface area contributed by atoms with E-state index in [0.29, 0.717) is 16.7 Å². The summed E-state index contributed by atoms with van der Waals surface area (Å²) in [7, 11) is 0. The Labute approximate surface area is 146 Å².